The van der Waals surface area contributed by atoms with Gasteiger partial charge < -0.3 is 25.3 Å². The van der Waals surface area contributed by atoms with E-state index >= 15 is 0 Å². The minimum atomic E-state index is -0.466. The van der Waals surface area contributed by atoms with Gasteiger partial charge in [0.15, 0.2) is 0 Å². The zero-order valence-corrected chi connectivity index (χ0v) is 19.3. The Morgan fingerprint density at radius 1 is 1.03 bits per heavy atom. The summed E-state index contributed by atoms with van der Waals surface area (Å²) in [7, 11) is 0. The van der Waals surface area contributed by atoms with Crippen LogP contribution in [0.4, 0.5) is 26.2 Å². The summed E-state index contributed by atoms with van der Waals surface area (Å²) in [4.78, 5) is 42.0. The Balaban J connectivity index is 1.49. The Morgan fingerprint density at radius 2 is 1.71 bits per heavy atom. The van der Waals surface area contributed by atoms with Crippen LogP contribution in [0, 0.1) is 5.82 Å². The van der Waals surface area contributed by atoms with Gasteiger partial charge in [-0.25, -0.2) is 9.18 Å². The van der Waals surface area contributed by atoms with E-state index < -0.39 is 5.82 Å². The predicted octanol–water partition coefficient (Wildman–Crippen LogP) is 3.54. The molecule has 4 amide bonds. The summed E-state index contributed by atoms with van der Waals surface area (Å²) in [6, 6.07) is 13.2. The molecule has 1 saturated heterocycles. The third-order valence-electron chi connectivity index (χ3n) is 5.54. The Morgan fingerprint density at radius 3 is 2.32 bits per heavy atom. The molecular weight excluding hydrogens is 437 g/mol. The third kappa shape index (κ3) is 6.57. The largest absolute Gasteiger partial charge is 0.368 e. The normalized spacial score (nSPS) is 13.2. The van der Waals surface area contributed by atoms with Crippen molar-refractivity contribution in [3.05, 3.63) is 67.0 Å². The van der Waals surface area contributed by atoms with Crippen molar-refractivity contribution in [1.82, 2.24) is 9.80 Å². The van der Waals surface area contributed by atoms with Crippen LogP contribution in [0.3, 0.4) is 0 Å². The van der Waals surface area contributed by atoms with Crippen LogP contribution in [0.25, 0.3) is 0 Å². The van der Waals surface area contributed by atoms with E-state index in [0.717, 1.165) is 5.69 Å². The molecule has 2 N–H and O–H groups in total. The number of carbonyl (C=O) groups is 3. The molecule has 8 nitrogen and oxygen atoms in total. The lowest BCUT2D eigenvalue weighted by Crippen LogP contribution is -2.50. The van der Waals surface area contributed by atoms with E-state index in [4.69, 9.17) is 0 Å². The van der Waals surface area contributed by atoms with Gasteiger partial charge in [0.05, 0.1) is 5.69 Å². The number of anilines is 3. The predicted molar refractivity (Wildman–Crippen MR) is 131 cm³/mol. The first-order valence-corrected chi connectivity index (χ1v) is 11.2. The Labute approximate surface area is 199 Å². The second kappa shape index (κ2) is 11.8. The Hall–Kier alpha value is -3.88. The van der Waals surface area contributed by atoms with E-state index in [1.54, 1.807) is 30.0 Å². The van der Waals surface area contributed by atoms with Crippen LogP contribution in [0.1, 0.15) is 13.3 Å². The fourth-order valence-corrected chi connectivity index (χ4v) is 3.69. The van der Waals surface area contributed by atoms with E-state index in [9.17, 15) is 18.8 Å². The lowest BCUT2D eigenvalue weighted by atomic mass is 10.2. The van der Waals surface area contributed by atoms with Gasteiger partial charge in [0.1, 0.15) is 12.4 Å². The minimum absolute atomic E-state index is 0.0304. The van der Waals surface area contributed by atoms with Crippen molar-refractivity contribution in [2.45, 2.75) is 13.3 Å². The van der Waals surface area contributed by atoms with Gasteiger partial charge in [-0.1, -0.05) is 25.1 Å². The molecule has 3 rings (SSSR count). The molecule has 1 aliphatic heterocycles. The van der Waals surface area contributed by atoms with Crippen molar-refractivity contribution in [3.63, 3.8) is 0 Å². The first kappa shape index (κ1) is 24.8. The number of hydrogen-bond acceptors (Lipinski definition) is 4. The molecule has 9 heteroatoms. The lowest BCUT2D eigenvalue weighted by molar-refractivity contribution is -0.133. The number of para-hydroxylation sites is 1. The molecule has 1 aliphatic rings. The van der Waals surface area contributed by atoms with Crippen LogP contribution in [0.2, 0.25) is 0 Å². The molecular formula is C25H30FN5O3. The van der Waals surface area contributed by atoms with Gasteiger partial charge in [-0.15, -0.1) is 6.58 Å². The molecule has 0 aliphatic carbocycles. The molecule has 0 spiro atoms. The van der Waals surface area contributed by atoms with Crippen LogP contribution in [0.15, 0.2) is 61.2 Å². The first-order valence-electron chi connectivity index (χ1n) is 11.2. The Kier molecular flexibility index (Phi) is 8.61. The van der Waals surface area contributed by atoms with Crippen molar-refractivity contribution >= 4 is 34.9 Å². The van der Waals surface area contributed by atoms with Crippen LogP contribution < -0.4 is 15.5 Å². The van der Waals surface area contributed by atoms with Gasteiger partial charge in [-0.3, -0.25) is 9.59 Å². The summed E-state index contributed by atoms with van der Waals surface area (Å²) in [5, 5.41) is 5.43. The molecule has 0 aromatic heterocycles. The number of carbonyl (C=O) groups excluding carboxylic acids is 3. The van der Waals surface area contributed by atoms with Crippen molar-refractivity contribution in [1.29, 1.82) is 0 Å². The average Bonchev–Trinajstić information content (AvgIpc) is 2.85. The first-order chi connectivity index (χ1) is 16.4. The number of nitrogens with zero attached hydrogens (tertiary/aromatic N) is 3. The van der Waals surface area contributed by atoms with Crippen molar-refractivity contribution in [2.75, 3.05) is 54.8 Å². The number of urea groups is 1. The molecule has 0 radical (unpaired) electrons. The number of amides is 4. The van der Waals surface area contributed by atoms with E-state index in [2.05, 4.69) is 22.1 Å². The van der Waals surface area contributed by atoms with Gasteiger partial charge >= 0.3 is 6.03 Å². The zero-order chi connectivity index (χ0) is 24.5. The van der Waals surface area contributed by atoms with Crippen LogP contribution >= 0.6 is 0 Å². The van der Waals surface area contributed by atoms with E-state index in [0.29, 0.717) is 44.8 Å². The van der Waals surface area contributed by atoms with Crippen LogP contribution in [-0.4, -0.2) is 66.9 Å². The van der Waals surface area contributed by atoms with Crippen molar-refractivity contribution in [3.8, 4) is 0 Å². The highest BCUT2D eigenvalue weighted by Gasteiger charge is 2.22. The molecule has 2 aromatic carbocycles. The standard InChI is InChI=1S/C25H30FN5O3/c1-3-13-31(24(33)4-2)18-23(32)27-19-9-11-20(12-10-19)29-14-16-30(17-15-29)25(34)28-22-8-6-5-7-21(22)26/h3,5-12H,1,4,13-18H2,2H3,(H,27,32)(H,28,34). The van der Waals surface area contributed by atoms with Crippen LogP contribution in [-0.2, 0) is 9.59 Å². The second-order valence-corrected chi connectivity index (χ2v) is 7.90. The van der Waals surface area contributed by atoms with Gasteiger partial charge in [0.2, 0.25) is 11.8 Å². The van der Waals surface area contributed by atoms with E-state index in [-0.39, 0.29) is 30.1 Å². The number of nitrogens with one attached hydrogen (secondary N) is 2. The molecule has 180 valence electrons. The monoisotopic (exact) mass is 467 g/mol. The van der Waals surface area contributed by atoms with E-state index in [1.165, 1.54) is 17.0 Å². The number of benzene rings is 2. The summed E-state index contributed by atoms with van der Waals surface area (Å²) in [5.41, 5.74) is 1.78. The molecule has 0 bridgehead atoms. The molecule has 0 unspecified atom stereocenters. The number of piperazine rings is 1. The maximum atomic E-state index is 13.8. The lowest BCUT2D eigenvalue weighted by Gasteiger charge is -2.36. The quantitative estimate of drug-likeness (QED) is 0.582. The smallest absolute Gasteiger partial charge is 0.322 e. The number of halogens is 1. The summed E-state index contributed by atoms with van der Waals surface area (Å²) in [6.07, 6.45) is 1.92. The molecule has 2 aromatic rings. The maximum absolute atomic E-state index is 13.8. The third-order valence-corrected chi connectivity index (χ3v) is 5.54. The fourth-order valence-electron chi connectivity index (χ4n) is 3.69. The maximum Gasteiger partial charge on any atom is 0.322 e. The van der Waals surface area contributed by atoms with Gasteiger partial charge in [-0.2, -0.15) is 0 Å². The summed E-state index contributed by atoms with van der Waals surface area (Å²) in [5.74, 6) is -0.843. The summed E-state index contributed by atoms with van der Waals surface area (Å²) >= 11 is 0. The average molecular weight is 468 g/mol. The summed E-state index contributed by atoms with van der Waals surface area (Å²) in [6.45, 7) is 7.94. The molecule has 1 fully saturated rings. The van der Waals surface area contributed by atoms with Gasteiger partial charge in [0.25, 0.3) is 0 Å². The molecule has 34 heavy (non-hydrogen) atoms. The van der Waals surface area contributed by atoms with Crippen LogP contribution in [0.5, 0.6) is 0 Å². The topological polar surface area (TPSA) is 85.0 Å². The SMILES string of the molecule is C=CCN(CC(=O)Nc1ccc(N2CCN(C(=O)Nc3ccccc3F)CC2)cc1)C(=O)CC. The number of hydrogen-bond donors (Lipinski definition) is 2. The van der Waals surface area contributed by atoms with Gasteiger partial charge in [-0.05, 0) is 36.4 Å². The van der Waals surface area contributed by atoms with Gasteiger partial charge in [0, 0.05) is 50.5 Å². The van der Waals surface area contributed by atoms with E-state index in [1.807, 2.05) is 24.3 Å². The minimum Gasteiger partial charge on any atom is -0.368 e. The summed E-state index contributed by atoms with van der Waals surface area (Å²) < 4.78 is 13.8. The Bertz CT molecular complexity index is 1020. The molecule has 0 saturated carbocycles. The molecule has 1 heterocycles. The highest BCUT2D eigenvalue weighted by Crippen LogP contribution is 2.20. The highest BCUT2D eigenvalue weighted by atomic mass is 19.1. The highest BCUT2D eigenvalue weighted by molar-refractivity contribution is 5.94. The fraction of sp³-hybridized carbons (Fsp3) is 0.320. The van der Waals surface area contributed by atoms with Crippen molar-refractivity contribution < 1.29 is 18.8 Å². The number of rotatable bonds is 8. The molecule has 0 atom stereocenters. The second-order valence-electron chi connectivity index (χ2n) is 7.90. The van der Waals surface area contributed by atoms with Crippen molar-refractivity contribution in [2.24, 2.45) is 0 Å². The zero-order valence-electron chi connectivity index (χ0n) is 19.3.